The molecule has 0 saturated carbocycles. The first-order valence-electron chi connectivity index (χ1n) is 5.31. The van der Waals surface area contributed by atoms with Gasteiger partial charge in [0.2, 0.25) is 0 Å². The molecule has 6 nitrogen and oxygen atoms in total. The number of amides is 2. The third-order valence-electron chi connectivity index (χ3n) is 2.49. The average molecular weight is 256 g/mol. The predicted octanol–water partition coefficient (Wildman–Crippen LogP) is 1.21. The lowest BCUT2D eigenvalue weighted by Gasteiger charge is -2.11. The van der Waals surface area contributed by atoms with E-state index in [1.165, 1.54) is 12.1 Å². The number of fused-ring (bicyclic) bond motifs is 1. The van der Waals surface area contributed by atoms with Crippen molar-refractivity contribution in [3.8, 4) is 6.07 Å². The molecule has 0 bridgehead atoms. The van der Waals surface area contributed by atoms with Crippen molar-refractivity contribution in [2.75, 3.05) is 0 Å². The van der Waals surface area contributed by atoms with E-state index in [-0.39, 0.29) is 16.8 Å². The molecule has 0 aliphatic carbocycles. The van der Waals surface area contributed by atoms with E-state index in [2.05, 4.69) is 4.74 Å². The maximum atomic E-state index is 12.0. The number of allylic oxidation sites excluding steroid dienone is 1. The van der Waals surface area contributed by atoms with Gasteiger partial charge in [-0.3, -0.25) is 14.4 Å². The SMILES string of the molecule is CC(=O)OC=C(C#N)N1C(=O)c2ccccc2C1=O. The van der Waals surface area contributed by atoms with Gasteiger partial charge in [-0.25, -0.2) is 4.90 Å². The van der Waals surface area contributed by atoms with Crippen LogP contribution in [0.15, 0.2) is 36.2 Å². The Hall–Kier alpha value is -2.94. The molecule has 94 valence electrons. The summed E-state index contributed by atoms with van der Waals surface area (Å²) >= 11 is 0. The highest BCUT2D eigenvalue weighted by atomic mass is 16.5. The summed E-state index contributed by atoms with van der Waals surface area (Å²) in [6, 6.07) is 7.90. The van der Waals surface area contributed by atoms with E-state index in [1.54, 1.807) is 18.2 Å². The van der Waals surface area contributed by atoms with Gasteiger partial charge >= 0.3 is 5.97 Å². The number of rotatable bonds is 2. The van der Waals surface area contributed by atoms with Crippen LogP contribution in [0.25, 0.3) is 0 Å². The molecule has 0 fully saturated rings. The van der Waals surface area contributed by atoms with Crippen molar-refractivity contribution in [2.45, 2.75) is 6.92 Å². The number of imide groups is 1. The summed E-state index contributed by atoms with van der Waals surface area (Å²) < 4.78 is 4.53. The van der Waals surface area contributed by atoms with Crippen LogP contribution in [0.2, 0.25) is 0 Å². The molecule has 1 aromatic rings. The quantitative estimate of drug-likeness (QED) is 0.343. The fourth-order valence-electron chi connectivity index (χ4n) is 1.68. The lowest BCUT2D eigenvalue weighted by Crippen LogP contribution is -2.28. The van der Waals surface area contributed by atoms with Crippen LogP contribution in [0.3, 0.4) is 0 Å². The molecule has 1 aromatic carbocycles. The van der Waals surface area contributed by atoms with Crippen molar-refractivity contribution in [1.82, 2.24) is 4.90 Å². The number of carbonyl (C=O) groups is 3. The Morgan fingerprint density at radius 3 is 2.21 bits per heavy atom. The second-order valence-corrected chi connectivity index (χ2v) is 3.72. The van der Waals surface area contributed by atoms with Gasteiger partial charge in [0.1, 0.15) is 12.3 Å². The van der Waals surface area contributed by atoms with Crippen molar-refractivity contribution >= 4 is 17.8 Å². The van der Waals surface area contributed by atoms with Crippen molar-refractivity contribution in [1.29, 1.82) is 5.26 Å². The molecule has 1 aliphatic heterocycles. The molecular weight excluding hydrogens is 248 g/mol. The predicted molar refractivity (Wildman–Crippen MR) is 62.4 cm³/mol. The fraction of sp³-hybridized carbons (Fsp3) is 0.0769. The number of carbonyl (C=O) groups excluding carboxylic acids is 3. The molecule has 2 rings (SSSR count). The van der Waals surface area contributed by atoms with Gasteiger partial charge in [-0.05, 0) is 12.1 Å². The molecule has 0 N–H and O–H groups in total. The summed E-state index contributed by atoms with van der Waals surface area (Å²) in [7, 11) is 0. The summed E-state index contributed by atoms with van der Waals surface area (Å²) in [6.07, 6.45) is 0.796. The Bertz CT molecular complexity index is 620. The Morgan fingerprint density at radius 2 is 1.79 bits per heavy atom. The molecule has 2 amide bonds. The van der Waals surface area contributed by atoms with E-state index in [1.807, 2.05) is 0 Å². The molecule has 6 heteroatoms. The van der Waals surface area contributed by atoms with E-state index in [0.717, 1.165) is 13.2 Å². The van der Waals surface area contributed by atoms with Crippen LogP contribution in [-0.4, -0.2) is 22.7 Å². The minimum Gasteiger partial charge on any atom is -0.432 e. The summed E-state index contributed by atoms with van der Waals surface area (Å²) in [5.41, 5.74) is 0.106. The van der Waals surface area contributed by atoms with Gasteiger partial charge in [-0.15, -0.1) is 0 Å². The second-order valence-electron chi connectivity index (χ2n) is 3.72. The summed E-state index contributed by atoms with van der Waals surface area (Å²) in [6.45, 7) is 1.15. The molecule has 0 spiro atoms. The highest BCUT2D eigenvalue weighted by Gasteiger charge is 2.37. The van der Waals surface area contributed by atoms with Crippen LogP contribution in [0.1, 0.15) is 27.6 Å². The van der Waals surface area contributed by atoms with E-state index in [0.29, 0.717) is 4.90 Å². The lowest BCUT2D eigenvalue weighted by atomic mass is 10.1. The number of ether oxygens (including phenoxy) is 1. The van der Waals surface area contributed by atoms with Crippen molar-refractivity contribution < 1.29 is 19.1 Å². The zero-order valence-corrected chi connectivity index (χ0v) is 9.91. The Balaban J connectivity index is 2.41. The van der Waals surface area contributed by atoms with Crippen LogP contribution in [0.5, 0.6) is 0 Å². The van der Waals surface area contributed by atoms with Gasteiger partial charge in [0, 0.05) is 6.92 Å². The number of hydrogen-bond donors (Lipinski definition) is 0. The maximum Gasteiger partial charge on any atom is 0.307 e. The van der Waals surface area contributed by atoms with Gasteiger partial charge in [0.25, 0.3) is 11.8 Å². The largest absolute Gasteiger partial charge is 0.432 e. The fourth-order valence-corrected chi connectivity index (χ4v) is 1.68. The molecular formula is C13H8N2O4. The van der Waals surface area contributed by atoms with Crippen molar-refractivity contribution in [3.05, 3.63) is 47.4 Å². The van der Waals surface area contributed by atoms with Gasteiger partial charge in [-0.1, -0.05) is 12.1 Å². The normalized spacial score (nSPS) is 14.1. The molecule has 1 heterocycles. The Morgan fingerprint density at radius 1 is 1.26 bits per heavy atom. The zero-order chi connectivity index (χ0) is 14.0. The monoisotopic (exact) mass is 256 g/mol. The molecule has 1 aliphatic rings. The highest BCUT2D eigenvalue weighted by Crippen LogP contribution is 2.25. The molecule has 0 saturated heterocycles. The van der Waals surface area contributed by atoms with E-state index < -0.39 is 17.8 Å². The summed E-state index contributed by atoms with van der Waals surface area (Å²) in [5.74, 6) is -1.87. The van der Waals surface area contributed by atoms with Crippen LogP contribution < -0.4 is 0 Å². The first-order valence-corrected chi connectivity index (χ1v) is 5.31. The van der Waals surface area contributed by atoms with Gasteiger partial charge in [0.15, 0.2) is 5.70 Å². The number of benzene rings is 1. The number of nitriles is 1. The molecule has 19 heavy (non-hydrogen) atoms. The average Bonchev–Trinajstić information content (AvgIpc) is 2.65. The molecule has 0 aromatic heterocycles. The number of hydrogen-bond acceptors (Lipinski definition) is 5. The maximum absolute atomic E-state index is 12.0. The van der Waals surface area contributed by atoms with E-state index in [4.69, 9.17) is 5.26 Å². The Labute approximate surface area is 108 Å². The van der Waals surface area contributed by atoms with Gasteiger partial charge in [0.05, 0.1) is 11.1 Å². The summed E-state index contributed by atoms with van der Waals surface area (Å²) in [4.78, 5) is 35.4. The molecule has 0 radical (unpaired) electrons. The first kappa shape index (κ1) is 12.5. The minimum atomic E-state index is -0.649. The van der Waals surface area contributed by atoms with E-state index in [9.17, 15) is 14.4 Å². The van der Waals surface area contributed by atoms with E-state index >= 15 is 0 Å². The van der Waals surface area contributed by atoms with Crippen LogP contribution in [0.4, 0.5) is 0 Å². The first-order chi connectivity index (χ1) is 9.06. The highest BCUT2D eigenvalue weighted by molar-refractivity contribution is 6.22. The zero-order valence-electron chi connectivity index (χ0n) is 9.91. The summed E-state index contributed by atoms with van der Waals surface area (Å²) in [5, 5.41) is 8.96. The Kier molecular flexibility index (Phi) is 3.12. The topological polar surface area (TPSA) is 87.5 Å². The number of esters is 1. The van der Waals surface area contributed by atoms with Crippen molar-refractivity contribution in [2.24, 2.45) is 0 Å². The van der Waals surface area contributed by atoms with Crippen LogP contribution >= 0.6 is 0 Å². The van der Waals surface area contributed by atoms with Crippen LogP contribution in [0, 0.1) is 11.3 Å². The third kappa shape index (κ3) is 2.09. The standard InChI is InChI=1S/C13H8N2O4/c1-8(16)19-7-9(6-14)15-12(17)10-4-2-3-5-11(10)13(15)18/h2-5,7H,1H3. The minimum absolute atomic E-state index is 0.219. The number of nitrogens with zero attached hydrogens (tertiary/aromatic N) is 2. The van der Waals surface area contributed by atoms with Crippen molar-refractivity contribution in [3.63, 3.8) is 0 Å². The van der Waals surface area contributed by atoms with Gasteiger partial charge in [-0.2, -0.15) is 5.26 Å². The second kappa shape index (κ2) is 4.74. The molecule has 0 unspecified atom stereocenters. The van der Waals surface area contributed by atoms with Crippen LogP contribution in [-0.2, 0) is 9.53 Å². The molecule has 0 atom stereocenters. The van der Waals surface area contributed by atoms with Gasteiger partial charge < -0.3 is 4.74 Å². The smallest absolute Gasteiger partial charge is 0.307 e. The third-order valence-corrected chi connectivity index (χ3v) is 2.49. The lowest BCUT2D eigenvalue weighted by molar-refractivity contribution is -0.135.